The lowest BCUT2D eigenvalue weighted by Crippen LogP contribution is -2.35. The average molecular weight is 333 g/mol. The van der Waals surface area contributed by atoms with Gasteiger partial charge in [-0.3, -0.25) is 0 Å². The van der Waals surface area contributed by atoms with E-state index in [0.717, 1.165) is 13.0 Å². The Morgan fingerprint density at radius 2 is 1.83 bits per heavy atom. The minimum absolute atomic E-state index is 0.117. The Kier molecular flexibility index (Phi) is 5.69. The fourth-order valence-corrected chi connectivity index (χ4v) is 1.93. The normalized spacial score (nSPS) is 15.0. The number of hydrogen-bond acceptors (Lipinski definition) is 3. The van der Waals surface area contributed by atoms with Crippen LogP contribution in [0.1, 0.15) is 51.8 Å². The van der Waals surface area contributed by atoms with Crippen LogP contribution >= 0.6 is 0 Å². The van der Waals surface area contributed by atoms with Gasteiger partial charge in [-0.1, -0.05) is 12.1 Å². The van der Waals surface area contributed by atoms with Crippen molar-refractivity contribution in [2.45, 2.75) is 58.3 Å². The molecule has 1 amide bonds. The molecule has 0 bridgehead atoms. The second-order valence-electron chi connectivity index (χ2n) is 6.38. The number of alkyl carbamates (subject to hydrolysis) is 1. The number of alkyl halides is 2. The molecule has 0 spiro atoms. The Morgan fingerprint density at radius 1 is 1.26 bits per heavy atom. The van der Waals surface area contributed by atoms with Crippen molar-refractivity contribution in [3.8, 4) is 0 Å². The van der Waals surface area contributed by atoms with Gasteiger partial charge in [-0.15, -0.1) is 0 Å². The van der Waals surface area contributed by atoms with Crippen molar-refractivity contribution in [2.75, 3.05) is 0 Å². The lowest BCUT2D eigenvalue weighted by molar-refractivity contribution is -0.108. The van der Waals surface area contributed by atoms with Gasteiger partial charge >= 0.3 is 12.0 Å². The molecule has 4 nitrogen and oxygen atoms in total. The van der Waals surface area contributed by atoms with E-state index >= 15 is 0 Å². The van der Waals surface area contributed by atoms with Crippen LogP contribution in [-0.2, 0) is 10.7 Å². The Balaban J connectivity index is 3.04. The number of ether oxygens (including phenoxy) is 1. The van der Waals surface area contributed by atoms with E-state index in [-0.39, 0.29) is 5.56 Å². The summed E-state index contributed by atoms with van der Waals surface area (Å²) >= 11 is 0. The molecule has 0 radical (unpaired) electrons. The van der Waals surface area contributed by atoms with Crippen LogP contribution in [0.25, 0.3) is 0 Å². The number of carbonyl (C=O) groups is 1. The first-order valence-electron chi connectivity index (χ1n) is 7.20. The highest BCUT2D eigenvalue weighted by molar-refractivity contribution is 5.68. The van der Waals surface area contributed by atoms with Crippen molar-refractivity contribution in [1.29, 1.82) is 0 Å². The van der Waals surface area contributed by atoms with Gasteiger partial charge in [-0.2, -0.15) is 8.78 Å². The number of rotatable bonds is 4. The summed E-state index contributed by atoms with van der Waals surface area (Å²) in [6.07, 6.45) is -2.82. The zero-order valence-corrected chi connectivity index (χ0v) is 13.8. The molecule has 0 heterocycles. The third-order valence-electron chi connectivity index (χ3n) is 3.11. The van der Waals surface area contributed by atoms with Crippen LogP contribution < -0.4 is 5.32 Å². The molecule has 0 fully saturated rings. The molecule has 1 rings (SSSR count). The number of nitrogens with one attached hydrogen (secondary N) is 1. The molecule has 0 aromatic heterocycles. The molecule has 0 aliphatic carbocycles. The molecule has 0 saturated carbocycles. The largest absolute Gasteiger partial charge is 0.444 e. The van der Waals surface area contributed by atoms with E-state index in [9.17, 15) is 18.0 Å². The van der Waals surface area contributed by atoms with Crippen LogP contribution in [0.15, 0.2) is 18.2 Å². The van der Waals surface area contributed by atoms with Crippen molar-refractivity contribution < 1.29 is 27.8 Å². The molecule has 130 valence electrons. The molecule has 0 aliphatic rings. The summed E-state index contributed by atoms with van der Waals surface area (Å²) in [5, 5.41) is 11.5. The van der Waals surface area contributed by atoms with Crippen molar-refractivity contribution in [1.82, 2.24) is 5.32 Å². The maximum Gasteiger partial charge on any atom is 0.408 e. The molecular weight excluding hydrogens is 311 g/mol. The van der Waals surface area contributed by atoms with Gasteiger partial charge in [0.15, 0.2) is 0 Å². The molecule has 2 N–H and O–H groups in total. The van der Waals surface area contributed by atoms with Gasteiger partial charge < -0.3 is 15.2 Å². The Bertz CT molecular complexity index is 568. The van der Waals surface area contributed by atoms with Crippen molar-refractivity contribution >= 4 is 6.09 Å². The van der Waals surface area contributed by atoms with Crippen molar-refractivity contribution in [3.05, 3.63) is 35.1 Å². The lowest BCUT2D eigenvalue weighted by Gasteiger charge is -2.24. The first-order valence-corrected chi connectivity index (χ1v) is 7.20. The number of aliphatic hydroxyl groups is 1. The van der Waals surface area contributed by atoms with Gasteiger partial charge in [0, 0.05) is 5.56 Å². The minimum atomic E-state index is -3.73. The number of amides is 1. The number of benzene rings is 1. The van der Waals surface area contributed by atoms with Crippen LogP contribution in [0.3, 0.4) is 0 Å². The van der Waals surface area contributed by atoms with E-state index in [1.807, 2.05) is 0 Å². The molecule has 23 heavy (non-hydrogen) atoms. The predicted octanol–water partition coefficient (Wildman–Crippen LogP) is 3.88. The minimum Gasteiger partial charge on any atom is -0.444 e. The summed E-state index contributed by atoms with van der Waals surface area (Å²) in [7, 11) is 0. The monoisotopic (exact) mass is 333 g/mol. The van der Waals surface area contributed by atoms with Gasteiger partial charge in [0.05, 0.1) is 11.6 Å². The van der Waals surface area contributed by atoms with E-state index in [2.05, 4.69) is 5.32 Å². The number of halogens is 3. The van der Waals surface area contributed by atoms with Gasteiger partial charge in [0.1, 0.15) is 17.5 Å². The topological polar surface area (TPSA) is 58.6 Å². The fraction of sp³-hybridized carbons (Fsp3) is 0.562. The zero-order chi connectivity index (χ0) is 18.0. The van der Waals surface area contributed by atoms with Crippen molar-refractivity contribution in [3.63, 3.8) is 0 Å². The zero-order valence-electron chi connectivity index (χ0n) is 13.8. The van der Waals surface area contributed by atoms with E-state index < -0.39 is 41.1 Å². The molecule has 1 aromatic rings. The quantitative estimate of drug-likeness (QED) is 0.879. The SMILES string of the molecule is C[C@@H](NC(=O)OC(C)(C)C)c1cccc(C(F)(F)[C@@H](C)O)c1F. The highest BCUT2D eigenvalue weighted by Gasteiger charge is 2.40. The van der Waals surface area contributed by atoms with Crippen LogP contribution in [0, 0.1) is 5.82 Å². The van der Waals surface area contributed by atoms with Crippen LogP contribution in [-0.4, -0.2) is 22.9 Å². The van der Waals surface area contributed by atoms with Crippen LogP contribution in [0.2, 0.25) is 0 Å². The maximum atomic E-state index is 14.4. The fourth-order valence-electron chi connectivity index (χ4n) is 1.93. The third-order valence-corrected chi connectivity index (χ3v) is 3.11. The van der Waals surface area contributed by atoms with E-state index in [4.69, 9.17) is 9.84 Å². The highest BCUT2D eigenvalue weighted by Crippen LogP contribution is 2.35. The summed E-state index contributed by atoms with van der Waals surface area (Å²) in [6, 6.07) is 2.57. The Labute approximate surface area is 133 Å². The second-order valence-corrected chi connectivity index (χ2v) is 6.38. The number of hydrogen-bond donors (Lipinski definition) is 2. The van der Waals surface area contributed by atoms with Crippen LogP contribution in [0.5, 0.6) is 0 Å². The lowest BCUT2D eigenvalue weighted by atomic mass is 9.98. The standard InChI is InChI=1S/C16H22F3NO3/c1-9(20-14(22)23-15(3,4)5)11-7-6-8-12(13(11)17)16(18,19)10(2)21/h6-10,21H,1-5H3,(H,20,22)/t9-,10-/m1/s1. The van der Waals surface area contributed by atoms with Crippen LogP contribution in [0.4, 0.5) is 18.0 Å². The highest BCUT2D eigenvalue weighted by atomic mass is 19.3. The molecule has 0 aliphatic heterocycles. The molecular formula is C16H22F3NO3. The summed E-state index contributed by atoms with van der Waals surface area (Å²) in [5.74, 6) is -4.90. The van der Waals surface area contributed by atoms with E-state index in [0.29, 0.717) is 0 Å². The Morgan fingerprint density at radius 3 is 2.30 bits per heavy atom. The summed E-state index contributed by atoms with van der Waals surface area (Å²) in [4.78, 5) is 11.7. The third kappa shape index (κ3) is 4.86. The Hall–Kier alpha value is -1.76. The van der Waals surface area contributed by atoms with Gasteiger partial charge in [-0.25, -0.2) is 9.18 Å². The predicted molar refractivity (Wildman–Crippen MR) is 79.8 cm³/mol. The van der Waals surface area contributed by atoms with Gasteiger partial charge in [0.2, 0.25) is 0 Å². The van der Waals surface area contributed by atoms with Gasteiger partial charge in [0.25, 0.3) is 0 Å². The molecule has 0 saturated heterocycles. The summed E-state index contributed by atoms with van der Waals surface area (Å²) in [5.41, 5.74) is -1.76. The molecule has 1 aromatic carbocycles. The number of carbonyl (C=O) groups excluding carboxylic acids is 1. The van der Waals surface area contributed by atoms with E-state index in [1.165, 1.54) is 19.1 Å². The van der Waals surface area contributed by atoms with E-state index in [1.54, 1.807) is 20.8 Å². The average Bonchev–Trinajstić information content (AvgIpc) is 2.35. The molecule has 2 atom stereocenters. The molecule has 0 unspecified atom stereocenters. The second kappa shape index (κ2) is 6.78. The first kappa shape index (κ1) is 19.3. The summed E-state index contributed by atoms with van der Waals surface area (Å²) in [6.45, 7) is 7.34. The number of aliphatic hydroxyl groups excluding tert-OH is 1. The maximum absolute atomic E-state index is 14.4. The van der Waals surface area contributed by atoms with Gasteiger partial charge in [-0.05, 0) is 40.7 Å². The first-order chi connectivity index (χ1) is 10.4. The summed E-state index contributed by atoms with van der Waals surface area (Å²) < 4.78 is 47.2. The smallest absolute Gasteiger partial charge is 0.408 e. The van der Waals surface area contributed by atoms with Crippen molar-refractivity contribution in [2.24, 2.45) is 0 Å². The molecule has 7 heteroatoms.